The molecule has 0 heterocycles. The summed E-state index contributed by atoms with van der Waals surface area (Å²) in [5, 5.41) is 6.34. The predicted octanol–water partition coefficient (Wildman–Crippen LogP) is 4.63. The molecule has 0 aliphatic heterocycles. The van der Waals surface area contributed by atoms with Crippen LogP contribution in [-0.2, 0) is 6.54 Å². The first-order valence-corrected chi connectivity index (χ1v) is 7.66. The van der Waals surface area contributed by atoms with Crippen LogP contribution in [0.4, 0.5) is 18.9 Å². The van der Waals surface area contributed by atoms with Crippen molar-refractivity contribution in [2.75, 3.05) is 5.32 Å². The van der Waals surface area contributed by atoms with E-state index in [1.807, 2.05) is 0 Å². The Kier molecular flexibility index (Phi) is 6.09. The van der Waals surface area contributed by atoms with Gasteiger partial charge in [-0.1, -0.05) is 23.9 Å². The molecule has 0 amide bonds. The van der Waals surface area contributed by atoms with E-state index >= 15 is 0 Å². The lowest BCUT2D eigenvalue weighted by Gasteiger charge is -2.11. The van der Waals surface area contributed by atoms with E-state index in [2.05, 4.69) is 10.6 Å². The third kappa shape index (κ3) is 5.57. The number of hydrogen-bond donors (Lipinski definition) is 2. The minimum absolute atomic E-state index is 0.286. The van der Waals surface area contributed by atoms with Gasteiger partial charge in [0.15, 0.2) is 5.11 Å². The van der Waals surface area contributed by atoms with E-state index in [0.717, 1.165) is 5.56 Å². The Balaban J connectivity index is 1.82. The van der Waals surface area contributed by atoms with Gasteiger partial charge < -0.3 is 10.6 Å². The molecule has 0 aromatic heterocycles. The fourth-order valence-corrected chi connectivity index (χ4v) is 2.37. The highest BCUT2D eigenvalue weighted by Gasteiger charge is 2.05. The first kappa shape index (κ1) is 16.6. The van der Waals surface area contributed by atoms with Gasteiger partial charge in [-0.3, -0.25) is 0 Å². The highest BCUT2D eigenvalue weighted by molar-refractivity contribution is 7.99. The molecule has 2 nitrogen and oxygen atoms in total. The molecule has 116 valence electrons. The molecular weight excluding hydrogens is 329 g/mol. The van der Waals surface area contributed by atoms with Gasteiger partial charge in [-0.15, -0.1) is 0 Å². The average molecular weight is 342 g/mol. The number of alkyl halides is 2. The highest BCUT2D eigenvalue weighted by Crippen LogP contribution is 2.26. The number of thiocarbonyl (C=S) groups is 1. The molecule has 0 radical (unpaired) electrons. The molecule has 0 fully saturated rings. The Labute approximate surface area is 136 Å². The van der Waals surface area contributed by atoms with Crippen molar-refractivity contribution in [2.24, 2.45) is 0 Å². The molecule has 0 aliphatic rings. The topological polar surface area (TPSA) is 24.1 Å². The van der Waals surface area contributed by atoms with E-state index in [4.69, 9.17) is 12.2 Å². The molecule has 2 aromatic rings. The zero-order valence-electron chi connectivity index (χ0n) is 11.4. The van der Waals surface area contributed by atoms with Crippen LogP contribution in [0, 0.1) is 5.82 Å². The van der Waals surface area contributed by atoms with Gasteiger partial charge >= 0.3 is 0 Å². The number of nitrogens with one attached hydrogen (secondary N) is 2. The van der Waals surface area contributed by atoms with Crippen LogP contribution >= 0.6 is 24.0 Å². The van der Waals surface area contributed by atoms with E-state index in [9.17, 15) is 13.2 Å². The monoisotopic (exact) mass is 342 g/mol. The van der Waals surface area contributed by atoms with Crippen LogP contribution in [0.3, 0.4) is 0 Å². The summed E-state index contributed by atoms with van der Waals surface area (Å²) >= 11 is 5.64. The second kappa shape index (κ2) is 8.05. The number of thioether (sulfide) groups is 1. The zero-order chi connectivity index (χ0) is 15.9. The maximum absolute atomic E-state index is 12.8. The molecule has 0 saturated carbocycles. The minimum atomic E-state index is -2.43. The van der Waals surface area contributed by atoms with Gasteiger partial charge in [0.1, 0.15) is 5.82 Å². The van der Waals surface area contributed by atoms with E-state index in [-0.39, 0.29) is 5.82 Å². The maximum atomic E-state index is 12.8. The number of anilines is 1. The predicted molar refractivity (Wildman–Crippen MR) is 87.8 cm³/mol. The molecular formula is C15H13F3N2S2. The highest BCUT2D eigenvalue weighted by atomic mass is 32.2. The van der Waals surface area contributed by atoms with Gasteiger partial charge in [-0.2, -0.15) is 8.78 Å². The van der Waals surface area contributed by atoms with E-state index in [1.54, 1.807) is 36.4 Å². The van der Waals surface area contributed by atoms with E-state index in [0.29, 0.717) is 34.0 Å². The second-order valence-corrected chi connectivity index (χ2v) is 5.81. The van der Waals surface area contributed by atoms with Crippen molar-refractivity contribution in [3.8, 4) is 0 Å². The van der Waals surface area contributed by atoms with Crippen molar-refractivity contribution in [1.82, 2.24) is 5.32 Å². The third-order valence-electron chi connectivity index (χ3n) is 2.70. The fourth-order valence-electron chi connectivity index (χ4n) is 1.68. The number of halogens is 3. The Morgan fingerprint density at radius 2 is 1.68 bits per heavy atom. The summed E-state index contributed by atoms with van der Waals surface area (Å²) in [6.07, 6.45) is 0. The molecule has 2 rings (SSSR count). The molecule has 0 spiro atoms. The lowest BCUT2D eigenvalue weighted by molar-refractivity contribution is 0.252. The van der Waals surface area contributed by atoms with Crippen molar-refractivity contribution in [3.05, 3.63) is 59.9 Å². The summed E-state index contributed by atoms with van der Waals surface area (Å²) in [4.78, 5) is 0.491. The normalized spacial score (nSPS) is 10.5. The van der Waals surface area contributed by atoms with Crippen molar-refractivity contribution < 1.29 is 13.2 Å². The van der Waals surface area contributed by atoms with Crippen LogP contribution in [0.25, 0.3) is 0 Å². The molecule has 0 aliphatic carbocycles. The summed E-state index contributed by atoms with van der Waals surface area (Å²) in [6, 6.07) is 12.7. The van der Waals surface area contributed by atoms with Gasteiger partial charge in [-0.25, -0.2) is 4.39 Å². The van der Waals surface area contributed by atoms with Gasteiger partial charge in [-0.05, 0) is 54.2 Å². The van der Waals surface area contributed by atoms with E-state index < -0.39 is 5.76 Å². The van der Waals surface area contributed by atoms with Crippen LogP contribution in [0.2, 0.25) is 0 Å². The first-order valence-electron chi connectivity index (χ1n) is 6.37. The molecule has 0 atom stereocenters. The number of hydrogen-bond acceptors (Lipinski definition) is 2. The Morgan fingerprint density at radius 1 is 1.05 bits per heavy atom. The SMILES string of the molecule is Fc1ccc(CNC(=S)Nc2ccc(SC(F)F)cc2)cc1. The van der Waals surface area contributed by atoms with Crippen molar-refractivity contribution >= 4 is 34.8 Å². The molecule has 2 aromatic carbocycles. The Hall–Kier alpha value is -1.73. The lowest BCUT2D eigenvalue weighted by Crippen LogP contribution is -2.27. The summed E-state index contributed by atoms with van der Waals surface area (Å²) in [5.74, 6) is -2.72. The van der Waals surface area contributed by atoms with Crippen molar-refractivity contribution in [3.63, 3.8) is 0 Å². The maximum Gasteiger partial charge on any atom is 0.288 e. The molecule has 0 bridgehead atoms. The zero-order valence-corrected chi connectivity index (χ0v) is 13.0. The van der Waals surface area contributed by atoms with Gasteiger partial charge in [0.2, 0.25) is 0 Å². The summed E-state index contributed by atoms with van der Waals surface area (Å²) in [5.41, 5.74) is 1.60. The largest absolute Gasteiger partial charge is 0.358 e. The fraction of sp³-hybridized carbons (Fsp3) is 0.133. The van der Waals surface area contributed by atoms with Crippen molar-refractivity contribution in [1.29, 1.82) is 0 Å². The Bertz CT molecular complexity index is 616. The molecule has 0 saturated heterocycles. The lowest BCUT2D eigenvalue weighted by atomic mass is 10.2. The summed E-state index contributed by atoms with van der Waals surface area (Å²) < 4.78 is 37.2. The second-order valence-electron chi connectivity index (χ2n) is 4.34. The van der Waals surface area contributed by atoms with Crippen LogP contribution in [0.1, 0.15) is 5.56 Å². The van der Waals surface area contributed by atoms with Crippen LogP contribution in [0.15, 0.2) is 53.4 Å². The number of benzene rings is 2. The van der Waals surface area contributed by atoms with Crippen molar-refractivity contribution in [2.45, 2.75) is 17.2 Å². The molecule has 2 N–H and O–H groups in total. The standard InChI is InChI=1S/C15H13F3N2S2/c16-11-3-1-10(2-4-11)9-19-15(21)20-12-5-7-13(8-6-12)22-14(17)18/h1-8,14H,9H2,(H2,19,20,21). The van der Waals surface area contributed by atoms with Gasteiger partial charge in [0.05, 0.1) is 0 Å². The molecule has 22 heavy (non-hydrogen) atoms. The summed E-state index contributed by atoms with van der Waals surface area (Å²) in [7, 11) is 0. The van der Waals surface area contributed by atoms with Gasteiger partial charge in [0, 0.05) is 17.1 Å². The average Bonchev–Trinajstić information content (AvgIpc) is 2.48. The third-order valence-corrected chi connectivity index (χ3v) is 3.67. The number of rotatable bonds is 5. The minimum Gasteiger partial charge on any atom is -0.358 e. The first-order chi connectivity index (χ1) is 10.5. The smallest absolute Gasteiger partial charge is 0.288 e. The van der Waals surface area contributed by atoms with Crippen LogP contribution in [0.5, 0.6) is 0 Å². The quantitative estimate of drug-likeness (QED) is 0.611. The summed E-state index contributed by atoms with van der Waals surface area (Å²) in [6.45, 7) is 0.464. The Morgan fingerprint density at radius 3 is 2.27 bits per heavy atom. The molecule has 0 unspecified atom stereocenters. The van der Waals surface area contributed by atoms with Gasteiger partial charge in [0.25, 0.3) is 5.76 Å². The van der Waals surface area contributed by atoms with Crippen LogP contribution in [-0.4, -0.2) is 10.9 Å². The van der Waals surface area contributed by atoms with Crippen LogP contribution < -0.4 is 10.6 Å². The van der Waals surface area contributed by atoms with E-state index in [1.165, 1.54) is 12.1 Å². The molecule has 7 heteroatoms.